The van der Waals surface area contributed by atoms with Crippen LogP contribution in [0.4, 0.5) is 0 Å². The molecule has 2 heterocycles. The van der Waals surface area contributed by atoms with Crippen molar-refractivity contribution >= 4 is 22.8 Å². The second-order valence-corrected chi connectivity index (χ2v) is 6.73. The molecular weight excluding hydrogens is 350 g/mol. The number of nitrogens with two attached hydrogens (primary N) is 1. The normalized spacial score (nSPS) is 15.7. The van der Waals surface area contributed by atoms with E-state index in [4.69, 9.17) is 5.73 Å². The second kappa shape index (κ2) is 7.75. The zero-order valence-electron chi connectivity index (χ0n) is 15.2. The monoisotopic (exact) mass is 373 g/mol. The van der Waals surface area contributed by atoms with E-state index < -0.39 is 11.1 Å². The minimum atomic E-state index is -0.705. The molecule has 2 aromatic rings. The molecule has 1 saturated heterocycles. The Bertz CT molecular complexity index is 985. The van der Waals surface area contributed by atoms with Crippen LogP contribution in [0.2, 0.25) is 0 Å². The standard InChI is InChI=1S/C18H23N5O4/c1-2-23-14-4-3-11(9-13(14)21-17(26)18(23)27)16(25)20-12-5-7-22(8-6-12)10-15(19)24/h3-4,9,12H,2,5-8,10H2,1H3,(H2,19,24)(H,20,25)(H,21,26). The summed E-state index contributed by atoms with van der Waals surface area (Å²) in [4.78, 5) is 51.7. The van der Waals surface area contributed by atoms with E-state index in [9.17, 15) is 19.2 Å². The van der Waals surface area contributed by atoms with Gasteiger partial charge in [-0.05, 0) is 38.0 Å². The molecular formula is C18H23N5O4. The maximum Gasteiger partial charge on any atom is 0.316 e. The van der Waals surface area contributed by atoms with Gasteiger partial charge in [-0.15, -0.1) is 0 Å². The van der Waals surface area contributed by atoms with E-state index in [1.165, 1.54) is 4.57 Å². The molecule has 144 valence electrons. The van der Waals surface area contributed by atoms with Gasteiger partial charge in [-0.2, -0.15) is 0 Å². The summed E-state index contributed by atoms with van der Waals surface area (Å²) in [6, 6.07) is 4.91. The highest BCUT2D eigenvalue weighted by Crippen LogP contribution is 2.14. The highest BCUT2D eigenvalue weighted by atomic mass is 16.2. The summed E-state index contributed by atoms with van der Waals surface area (Å²) in [5.41, 5.74) is 5.34. The summed E-state index contributed by atoms with van der Waals surface area (Å²) >= 11 is 0. The van der Waals surface area contributed by atoms with Crippen LogP contribution >= 0.6 is 0 Å². The number of aryl methyl sites for hydroxylation is 1. The number of amides is 2. The number of fused-ring (bicyclic) bond motifs is 1. The smallest absolute Gasteiger partial charge is 0.316 e. The van der Waals surface area contributed by atoms with E-state index in [-0.39, 0.29) is 24.4 Å². The van der Waals surface area contributed by atoms with Crippen molar-refractivity contribution in [2.45, 2.75) is 32.4 Å². The van der Waals surface area contributed by atoms with Crippen molar-refractivity contribution in [1.82, 2.24) is 19.8 Å². The lowest BCUT2D eigenvalue weighted by Gasteiger charge is -2.31. The topological polar surface area (TPSA) is 130 Å². The first-order valence-electron chi connectivity index (χ1n) is 8.97. The number of nitrogens with zero attached hydrogens (tertiary/aromatic N) is 2. The van der Waals surface area contributed by atoms with Crippen molar-refractivity contribution in [2.75, 3.05) is 19.6 Å². The number of hydrogen-bond donors (Lipinski definition) is 3. The largest absolute Gasteiger partial charge is 0.369 e. The molecule has 0 aliphatic carbocycles. The van der Waals surface area contributed by atoms with E-state index in [0.717, 1.165) is 12.8 Å². The lowest BCUT2D eigenvalue weighted by Crippen LogP contribution is -2.46. The van der Waals surface area contributed by atoms with Gasteiger partial charge in [0.25, 0.3) is 5.91 Å². The Labute approximate surface area is 155 Å². The van der Waals surface area contributed by atoms with Gasteiger partial charge in [0.2, 0.25) is 5.91 Å². The summed E-state index contributed by atoms with van der Waals surface area (Å²) in [6.45, 7) is 3.78. The van der Waals surface area contributed by atoms with Gasteiger partial charge in [0.05, 0.1) is 17.6 Å². The van der Waals surface area contributed by atoms with Gasteiger partial charge in [-0.25, -0.2) is 0 Å². The summed E-state index contributed by atoms with van der Waals surface area (Å²) in [7, 11) is 0. The summed E-state index contributed by atoms with van der Waals surface area (Å²) in [5.74, 6) is -0.589. The predicted molar refractivity (Wildman–Crippen MR) is 101 cm³/mol. The molecule has 3 rings (SSSR count). The first-order chi connectivity index (χ1) is 12.9. The van der Waals surface area contributed by atoms with Crippen LogP contribution in [0.3, 0.4) is 0 Å². The van der Waals surface area contributed by atoms with Crippen LogP contribution in [-0.2, 0) is 11.3 Å². The van der Waals surface area contributed by atoms with Crippen LogP contribution in [0.5, 0.6) is 0 Å². The van der Waals surface area contributed by atoms with Crippen LogP contribution < -0.4 is 22.2 Å². The molecule has 27 heavy (non-hydrogen) atoms. The van der Waals surface area contributed by atoms with Crippen molar-refractivity contribution < 1.29 is 9.59 Å². The number of nitrogens with one attached hydrogen (secondary N) is 2. The van der Waals surface area contributed by atoms with Gasteiger partial charge in [-0.3, -0.25) is 24.1 Å². The summed E-state index contributed by atoms with van der Waals surface area (Å²) < 4.78 is 1.38. The van der Waals surface area contributed by atoms with Crippen LogP contribution in [-0.4, -0.2) is 51.9 Å². The average molecular weight is 373 g/mol. The molecule has 0 atom stereocenters. The van der Waals surface area contributed by atoms with Gasteiger partial charge in [0, 0.05) is 31.2 Å². The average Bonchev–Trinajstić information content (AvgIpc) is 2.63. The maximum atomic E-state index is 12.6. The minimum Gasteiger partial charge on any atom is -0.369 e. The summed E-state index contributed by atoms with van der Waals surface area (Å²) in [5, 5.41) is 2.99. The van der Waals surface area contributed by atoms with Gasteiger partial charge in [-0.1, -0.05) is 0 Å². The predicted octanol–water partition coefficient (Wildman–Crippen LogP) is -0.611. The Morgan fingerprint density at radius 1 is 1.26 bits per heavy atom. The van der Waals surface area contributed by atoms with Crippen molar-refractivity contribution in [2.24, 2.45) is 5.73 Å². The van der Waals surface area contributed by atoms with Gasteiger partial charge in [0.15, 0.2) is 0 Å². The van der Waals surface area contributed by atoms with Crippen molar-refractivity contribution in [3.8, 4) is 0 Å². The fourth-order valence-corrected chi connectivity index (χ4v) is 3.46. The molecule has 9 nitrogen and oxygen atoms in total. The number of hydrogen-bond acceptors (Lipinski definition) is 5. The first-order valence-corrected chi connectivity index (χ1v) is 8.97. The Kier molecular flexibility index (Phi) is 5.41. The Morgan fingerprint density at radius 2 is 1.96 bits per heavy atom. The molecule has 0 unspecified atom stereocenters. The fourth-order valence-electron chi connectivity index (χ4n) is 3.46. The van der Waals surface area contributed by atoms with E-state index in [0.29, 0.717) is 36.2 Å². The van der Waals surface area contributed by atoms with Gasteiger partial charge in [0.1, 0.15) is 0 Å². The third-order valence-electron chi connectivity index (χ3n) is 4.86. The maximum absolute atomic E-state index is 12.6. The van der Waals surface area contributed by atoms with E-state index in [1.807, 2.05) is 4.90 Å². The molecule has 0 radical (unpaired) electrons. The number of primary amides is 1. The number of aromatic nitrogens is 2. The Morgan fingerprint density at radius 3 is 2.59 bits per heavy atom. The quantitative estimate of drug-likeness (QED) is 0.602. The van der Waals surface area contributed by atoms with Crippen molar-refractivity contribution in [1.29, 1.82) is 0 Å². The number of likely N-dealkylation sites (tertiary alicyclic amines) is 1. The zero-order chi connectivity index (χ0) is 19.6. The molecule has 2 amide bonds. The molecule has 0 spiro atoms. The number of aromatic amines is 1. The SMILES string of the molecule is CCn1c(=O)c(=O)[nH]c2cc(C(=O)NC3CCN(CC(N)=O)CC3)ccc21. The van der Waals surface area contributed by atoms with Gasteiger partial charge < -0.3 is 20.6 Å². The number of benzene rings is 1. The molecule has 1 aliphatic heterocycles. The highest BCUT2D eigenvalue weighted by molar-refractivity contribution is 5.97. The van der Waals surface area contributed by atoms with Crippen LogP contribution in [0.25, 0.3) is 11.0 Å². The molecule has 0 bridgehead atoms. The number of piperidine rings is 1. The summed E-state index contributed by atoms with van der Waals surface area (Å²) in [6.07, 6.45) is 1.47. The van der Waals surface area contributed by atoms with E-state index in [1.54, 1.807) is 25.1 Å². The number of carbonyl (C=O) groups is 2. The molecule has 1 aromatic heterocycles. The minimum absolute atomic E-state index is 0.0148. The number of rotatable bonds is 5. The van der Waals surface area contributed by atoms with Crippen LogP contribution in [0.15, 0.2) is 27.8 Å². The Hall–Kier alpha value is -2.94. The van der Waals surface area contributed by atoms with Crippen molar-refractivity contribution in [3.05, 3.63) is 44.5 Å². The molecule has 1 aromatic carbocycles. The van der Waals surface area contributed by atoms with Crippen LogP contribution in [0.1, 0.15) is 30.1 Å². The number of carbonyl (C=O) groups excluding carboxylic acids is 2. The second-order valence-electron chi connectivity index (χ2n) is 6.73. The van der Waals surface area contributed by atoms with E-state index >= 15 is 0 Å². The highest BCUT2D eigenvalue weighted by Gasteiger charge is 2.22. The van der Waals surface area contributed by atoms with Crippen molar-refractivity contribution in [3.63, 3.8) is 0 Å². The van der Waals surface area contributed by atoms with Gasteiger partial charge >= 0.3 is 11.1 Å². The molecule has 0 saturated carbocycles. The molecule has 4 N–H and O–H groups in total. The molecule has 9 heteroatoms. The zero-order valence-corrected chi connectivity index (χ0v) is 15.2. The molecule has 1 aliphatic rings. The third-order valence-corrected chi connectivity index (χ3v) is 4.86. The van der Waals surface area contributed by atoms with Crippen LogP contribution in [0, 0.1) is 0 Å². The lowest BCUT2D eigenvalue weighted by molar-refractivity contribution is -0.119. The lowest BCUT2D eigenvalue weighted by atomic mass is 10.0. The first kappa shape index (κ1) is 18.8. The molecule has 1 fully saturated rings. The Balaban J connectivity index is 1.73. The van der Waals surface area contributed by atoms with E-state index in [2.05, 4.69) is 10.3 Å². The number of H-pyrrole nitrogens is 1. The third kappa shape index (κ3) is 4.08. The fraction of sp³-hybridized carbons (Fsp3) is 0.444.